The maximum Gasteiger partial charge on any atom is 0.125 e. The first kappa shape index (κ1) is 28.9. The summed E-state index contributed by atoms with van der Waals surface area (Å²) in [6, 6.07) is 8.92. The molecule has 6 heteroatoms. The molecule has 2 aromatic carbocycles. The van der Waals surface area contributed by atoms with E-state index in [0.717, 1.165) is 73.0 Å². The van der Waals surface area contributed by atoms with Gasteiger partial charge in [0.05, 0.1) is 39.6 Å². The number of epoxide rings is 2. The van der Waals surface area contributed by atoms with Crippen molar-refractivity contribution in [2.75, 3.05) is 52.9 Å². The molecule has 0 aromatic heterocycles. The number of aryl methyl sites for hydroxylation is 4. The number of benzene rings is 2. The minimum atomic E-state index is 0.325. The van der Waals surface area contributed by atoms with Crippen molar-refractivity contribution in [3.63, 3.8) is 0 Å². The number of hydrogen-bond acceptors (Lipinski definition) is 6. The van der Waals surface area contributed by atoms with Gasteiger partial charge in [-0.3, -0.25) is 0 Å². The summed E-state index contributed by atoms with van der Waals surface area (Å²) < 4.78 is 34.3. The molecule has 2 aliphatic heterocycles. The first-order valence-corrected chi connectivity index (χ1v) is 14.2. The lowest BCUT2D eigenvalue weighted by Crippen LogP contribution is -2.13. The second-order valence-corrected chi connectivity index (χ2v) is 11.3. The van der Waals surface area contributed by atoms with Crippen LogP contribution >= 0.6 is 0 Å². The van der Waals surface area contributed by atoms with Crippen LogP contribution in [0.2, 0.25) is 0 Å². The van der Waals surface area contributed by atoms with Crippen molar-refractivity contribution in [3.8, 4) is 22.6 Å². The van der Waals surface area contributed by atoms with E-state index in [9.17, 15) is 0 Å². The SMILES string of the molecule is Cc1cc(-c2cc(C)c(OCCC(C)COCC3CO3)c(C)c2)cc(C)c1OCCC(C)COCC1CO1. The fraction of sp³-hybridized carbons (Fsp3) is 0.625. The molecule has 0 saturated carbocycles. The van der Waals surface area contributed by atoms with Crippen molar-refractivity contribution < 1.29 is 28.4 Å². The average Bonchev–Trinajstić information content (AvgIpc) is 3.78. The Hall–Kier alpha value is -2.12. The van der Waals surface area contributed by atoms with Crippen molar-refractivity contribution in [1.82, 2.24) is 0 Å². The molecule has 0 spiro atoms. The van der Waals surface area contributed by atoms with Gasteiger partial charge in [0.2, 0.25) is 0 Å². The van der Waals surface area contributed by atoms with Gasteiger partial charge in [0.15, 0.2) is 0 Å². The zero-order chi connectivity index (χ0) is 27.1. The van der Waals surface area contributed by atoms with E-state index < -0.39 is 0 Å². The number of hydrogen-bond donors (Lipinski definition) is 0. The van der Waals surface area contributed by atoms with E-state index in [1.165, 1.54) is 11.1 Å². The Morgan fingerprint density at radius 1 is 0.658 bits per heavy atom. The first-order valence-electron chi connectivity index (χ1n) is 14.2. The van der Waals surface area contributed by atoms with Crippen molar-refractivity contribution in [3.05, 3.63) is 46.5 Å². The molecule has 2 saturated heterocycles. The van der Waals surface area contributed by atoms with Crippen LogP contribution in [-0.2, 0) is 18.9 Å². The van der Waals surface area contributed by atoms with Crippen molar-refractivity contribution >= 4 is 0 Å². The van der Waals surface area contributed by atoms with Crippen molar-refractivity contribution in [2.24, 2.45) is 11.8 Å². The second kappa shape index (κ2) is 13.8. The Morgan fingerprint density at radius 3 is 1.32 bits per heavy atom. The first-order chi connectivity index (χ1) is 18.3. The van der Waals surface area contributed by atoms with Crippen LogP contribution in [0.25, 0.3) is 11.1 Å². The molecule has 0 radical (unpaired) electrons. The summed E-state index contributed by atoms with van der Waals surface area (Å²) in [6.07, 6.45) is 2.58. The van der Waals surface area contributed by atoms with E-state index in [1.54, 1.807) is 0 Å². The summed E-state index contributed by atoms with van der Waals surface area (Å²) >= 11 is 0. The highest BCUT2D eigenvalue weighted by Crippen LogP contribution is 2.34. The molecule has 2 aromatic rings. The zero-order valence-corrected chi connectivity index (χ0v) is 24.1. The van der Waals surface area contributed by atoms with E-state index in [2.05, 4.69) is 65.8 Å². The highest BCUT2D eigenvalue weighted by molar-refractivity contribution is 5.70. The van der Waals surface area contributed by atoms with Gasteiger partial charge in [0.1, 0.15) is 23.7 Å². The summed E-state index contributed by atoms with van der Waals surface area (Å²) in [4.78, 5) is 0. The van der Waals surface area contributed by atoms with Crippen LogP contribution in [0.5, 0.6) is 11.5 Å². The molecule has 6 nitrogen and oxygen atoms in total. The molecule has 4 atom stereocenters. The monoisotopic (exact) mass is 526 g/mol. The number of rotatable bonds is 17. The van der Waals surface area contributed by atoms with Crippen LogP contribution in [0.1, 0.15) is 48.9 Å². The molecule has 0 N–H and O–H groups in total. The topological polar surface area (TPSA) is 62.0 Å². The molecule has 210 valence electrons. The minimum Gasteiger partial charge on any atom is -0.493 e. The molecule has 0 amide bonds. The van der Waals surface area contributed by atoms with Crippen LogP contribution in [-0.4, -0.2) is 65.1 Å². The Bertz CT molecular complexity index is 913. The predicted molar refractivity (Wildman–Crippen MR) is 150 cm³/mol. The van der Waals surface area contributed by atoms with Crippen LogP contribution in [0.4, 0.5) is 0 Å². The molecule has 4 unspecified atom stereocenters. The molecule has 2 heterocycles. The van der Waals surface area contributed by atoms with Crippen LogP contribution in [0.15, 0.2) is 24.3 Å². The average molecular weight is 527 g/mol. The van der Waals surface area contributed by atoms with Crippen LogP contribution < -0.4 is 9.47 Å². The second-order valence-electron chi connectivity index (χ2n) is 11.3. The van der Waals surface area contributed by atoms with E-state index in [-0.39, 0.29) is 0 Å². The summed E-state index contributed by atoms with van der Waals surface area (Å²) in [7, 11) is 0. The summed E-state index contributed by atoms with van der Waals surface area (Å²) in [5.41, 5.74) is 7.06. The summed E-state index contributed by atoms with van der Waals surface area (Å²) in [6.45, 7) is 18.9. The standard InChI is InChI=1S/C32H46O6/c1-21(15-33-17-29-19-37-29)7-9-35-31-23(3)11-27(12-24(31)4)28-13-25(5)32(26(6)14-28)36-10-8-22(2)16-34-18-30-20-38-30/h11-14,21-22,29-30H,7-10,15-20H2,1-6H3. The van der Waals surface area contributed by atoms with Gasteiger partial charge in [-0.05, 0) is 110 Å². The Balaban J connectivity index is 1.27. The van der Waals surface area contributed by atoms with Gasteiger partial charge in [-0.2, -0.15) is 0 Å². The third-order valence-electron chi connectivity index (χ3n) is 7.19. The van der Waals surface area contributed by atoms with Gasteiger partial charge >= 0.3 is 0 Å². The lowest BCUT2D eigenvalue weighted by molar-refractivity contribution is 0.0834. The van der Waals surface area contributed by atoms with Crippen molar-refractivity contribution in [2.45, 2.75) is 66.6 Å². The Kier molecular flexibility index (Phi) is 10.5. The molecule has 38 heavy (non-hydrogen) atoms. The van der Waals surface area contributed by atoms with E-state index in [1.807, 2.05) is 0 Å². The summed E-state index contributed by atoms with van der Waals surface area (Å²) in [5, 5.41) is 0. The van der Waals surface area contributed by atoms with Crippen molar-refractivity contribution in [1.29, 1.82) is 0 Å². The van der Waals surface area contributed by atoms with E-state index in [0.29, 0.717) is 50.5 Å². The molecule has 0 bridgehead atoms. The Labute approximate surface area is 228 Å². The fourth-order valence-electron chi connectivity index (χ4n) is 4.71. The third kappa shape index (κ3) is 8.98. The maximum absolute atomic E-state index is 6.22. The molecule has 2 fully saturated rings. The van der Waals surface area contributed by atoms with E-state index in [4.69, 9.17) is 28.4 Å². The zero-order valence-electron chi connectivity index (χ0n) is 24.1. The van der Waals surface area contributed by atoms with Gasteiger partial charge in [-0.25, -0.2) is 0 Å². The highest BCUT2D eigenvalue weighted by atomic mass is 16.6. The predicted octanol–water partition coefficient (Wildman–Crippen LogP) is 6.23. The third-order valence-corrected chi connectivity index (χ3v) is 7.19. The smallest absolute Gasteiger partial charge is 0.125 e. The van der Waals surface area contributed by atoms with Crippen LogP contribution in [0.3, 0.4) is 0 Å². The normalized spacial score (nSPS) is 19.7. The Morgan fingerprint density at radius 2 is 1.00 bits per heavy atom. The lowest BCUT2D eigenvalue weighted by Gasteiger charge is -2.18. The van der Waals surface area contributed by atoms with Gasteiger partial charge in [-0.15, -0.1) is 0 Å². The maximum atomic E-state index is 6.22. The molecule has 0 aliphatic carbocycles. The highest BCUT2D eigenvalue weighted by Gasteiger charge is 2.23. The largest absolute Gasteiger partial charge is 0.493 e. The van der Waals surface area contributed by atoms with Gasteiger partial charge in [0.25, 0.3) is 0 Å². The minimum absolute atomic E-state index is 0.325. The van der Waals surface area contributed by atoms with Gasteiger partial charge in [0, 0.05) is 13.2 Å². The molecular weight excluding hydrogens is 480 g/mol. The van der Waals surface area contributed by atoms with Gasteiger partial charge in [-0.1, -0.05) is 13.8 Å². The molecule has 2 aliphatic rings. The van der Waals surface area contributed by atoms with E-state index >= 15 is 0 Å². The summed E-state index contributed by atoms with van der Waals surface area (Å²) in [5.74, 6) is 2.90. The molecular formula is C32H46O6. The fourth-order valence-corrected chi connectivity index (χ4v) is 4.71. The van der Waals surface area contributed by atoms with Crippen LogP contribution in [0, 0.1) is 39.5 Å². The molecule has 4 rings (SSSR count). The number of ether oxygens (including phenoxy) is 6. The lowest BCUT2D eigenvalue weighted by atomic mass is 9.96. The quantitative estimate of drug-likeness (QED) is 0.228. The van der Waals surface area contributed by atoms with Gasteiger partial charge < -0.3 is 28.4 Å².